The van der Waals surface area contributed by atoms with E-state index in [0.29, 0.717) is 6.42 Å². The first-order valence-electron chi connectivity index (χ1n) is 5.45. The summed E-state index contributed by atoms with van der Waals surface area (Å²) < 4.78 is 2.79. The minimum Gasteiger partial charge on any atom is -0.303 e. The lowest BCUT2D eigenvalue weighted by atomic mass is 9.98. The lowest BCUT2D eigenvalue weighted by Crippen LogP contribution is -1.99. The van der Waals surface area contributed by atoms with E-state index in [0.717, 1.165) is 22.0 Å². The van der Waals surface area contributed by atoms with E-state index < -0.39 is 0 Å². The molecule has 0 aliphatic heterocycles. The number of benzene rings is 1. The summed E-state index contributed by atoms with van der Waals surface area (Å²) in [5.41, 5.74) is 2.15. The number of nitrogens with zero attached hydrogens (tertiary/aromatic N) is 2. The average molecular weight is 293 g/mol. The highest BCUT2D eigenvalue weighted by Gasteiger charge is 2.08. The molecule has 0 saturated carbocycles. The molecule has 0 fully saturated rings. The summed E-state index contributed by atoms with van der Waals surface area (Å²) in [4.78, 5) is 10.5. The van der Waals surface area contributed by atoms with Crippen LogP contribution in [0, 0.1) is 0 Å². The normalized spacial score (nSPS) is 12.4. The van der Waals surface area contributed by atoms with E-state index >= 15 is 0 Å². The Balaban J connectivity index is 2.32. The molecule has 1 unspecified atom stereocenters. The zero-order chi connectivity index (χ0) is 12.3. The van der Waals surface area contributed by atoms with Crippen molar-refractivity contribution >= 4 is 22.2 Å². The van der Waals surface area contributed by atoms with Gasteiger partial charge in [0.05, 0.1) is 5.69 Å². The molecule has 1 atom stereocenters. The summed E-state index contributed by atoms with van der Waals surface area (Å²) in [5.74, 6) is 0.246. The summed E-state index contributed by atoms with van der Waals surface area (Å²) in [6.45, 7) is 2.05. The number of aldehydes is 1. The van der Waals surface area contributed by atoms with E-state index in [-0.39, 0.29) is 5.92 Å². The fourth-order valence-electron chi connectivity index (χ4n) is 1.71. The Hall–Kier alpha value is -1.42. The summed E-state index contributed by atoms with van der Waals surface area (Å²) in [7, 11) is 0. The molecule has 3 nitrogen and oxygen atoms in total. The third-order valence-corrected chi connectivity index (χ3v) is 3.38. The second-order valence-electron chi connectivity index (χ2n) is 3.96. The SMILES string of the molecule is CC(CC=O)c1ccc(-n2cccn2)c(Br)c1. The lowest BCUT2D eigenvalue weighted by Gasteiger charge is -2.11. The van der Waals surface area contributed by atoms with Gasteiger partial charge in [0, 0.05) is 23.3 Å². The van der Waals surface area contributed by atoms with Gasteiger partial charge in [-0.1, -0.05) is 13.0 Å². The van der Waals surface area contributed by atoms with Gasteiger partial charge in [-0.05, 0) is 45.6 Å². The van der Waals surface area contributed by atoms with Crippen LogP contribution in [-0.2, 0) is 4.79 Å². The van der Waals surface area contributed by atoms with Crippen LogP contribution < -0.4 is 0 Å². The molecule has 88 valence electrons. The van der Waals surface area contributed by atoms with Crippen LogP contribution in [0.2, 0.25) is 0 Å². The van der Waals surface area contributed by atoms with Crippen molar-refractivity contribution < 1.29 is 4.79 Å². The molecule has 2 rings (SSSR count). The quantitative estimate of drug-likeness (QED) is 0.810. The predicted octanol–water partition coefficient (Wildman–Crippen LogP) is 3.33. The van der Waals surface area contributed by atoms with E-state index in [9.17, 15) is 4.79 Å². The number of hydrogen-bond acceptors (Lipinski definition) is 2. The largest absolute Gasteiger partial charge is 0.303 e. The molecule has 0 saturated heterocycles. The number of carbonyl (C=O) groups is 1. The van der Waals surface area contributed by atoms with Gasteiger partial charge in [-0.25, -0.2) is 4.68 Å². The van der Waals surface area contributed by atoms with Gasteiger partial charge < -0.3 is 4.79 Å². The van der Waals surface area contributed by atoms with Crippen molar-refractivity contribution in [3.05, 3.63) is 46.7 Å². The molecule has 0 N–H and O–H groups in total. The number of aromatic nitrogens is 2. The van der Waals surface area contributed by atoms with E-state index in [1.54, 1.807) is 10.9 Å². The molecule has 17 heavy (non-hydrogen) atoms. The van der Waals surface area contributed by atoms with Crippen LogP contribution in [0.5, 0.6) is 0 Å². The van der Waals surface area contributed by atoms with Crippen molar-refractivity contribution in [1.82, 2.24) is 9.78 Å². The monoisotopic (exact) mass is 292 g/mol. The van der Waals surface area contributed by atoms with Gasteiger partial charge in [0.15, 0.2) is 0 Å². The van der Waals surface area contributed by atoms with Crippen LogP contribution >= 0.6 is 15.9 Å². The van der Waals surface area contributed by atoms with Crippen molar-refractivity contribution in [2.75, 3.05) is 0 Å². The van der Waals surface area contributed by atoms with Crippen LogP contribution in [-0.4, -0.2) is 16.1 Å². The van der Waals surface area contributed by atoms with Crippen molar-refractivity contribution in [2.24, 2.45) is 0 Å². The molecule has 4 heteroatoms. The standard InChI is InChI=1S/C13H13BrN2O/c1-10(5-8-17)11-3-4-13(12(14)9-11)16-7-2-6-15-16/h2-4,6-10H,5H2,1H3. The number of hydrogen-bond donors (Lipinski definition) is 0. The molecule has 0 aliphatic rings. The van der Waals surface area contributed by atoms with Gasteiger partial charge in [0.1, 0.15) is 6.29 Å². The Morgan fingerprint density at radius 1 is 1.53 bits per heavy atom. The topological polar surface area (TPSA) is 34.9 Å². The van der Waals surface area contributed by atoms with Gasteiger partial charge >= 0.3 is 0 Å². The van der Waals surface area contributed by atoms with E-state index in [1.165, 1.54) is 0 Å². The highest BCUT2D eigenvalue weighted by atomic mass is 79.9. The van der Waals surface area contributed by atoms with Crippen molar-refractivity contribution in [3.8, 4) is 5.69 Å². The van der Waals surface area contributed by atoms with Crippen LogP contribution in [0.4, 0.5) is 0 Å². The summed E-state index contributed by atoms with van der Waals surface area (Å²) in [6.07, 6.45) is 5.15. The van der Waals surface area contributed by atoms with E-state index in [1.807, 2.05) is 37.4 Å². The average Bonchev–Trinajstić information content (AvgIpc) is 2.82. The van der Waals surface area contributed by atoms with Crippen LogP contribution in [0.15, 0.2) is 41.1 Å². The van der Waals surface area contributed by atoms with Gasteiger partial charge in [0.25, 0.3) is 0 Å². The molecule has 0 spiro atoms. The highest BCUT2D eigenvalue weighted by Crippen LogP contribution is 2.26. The summed E-state index contributed by atoms with van der Waals surface area (Å²) in [5, 5.41) is 4.19. The number of carbonyl (C=O) groups excluding carboxylic acids is 1. The Morgan fingerprint density at radius 2 is 2.35 bits per heavy atom. The first kappa shape index (κ1) is 12.0. The number of rotatable bonds is 4. The minimum absolute atomic E-state index is 0.246. The van der Waals surface area contributed by atoms with Gasteiger partial charge in [-0.15, -0.1) is 0 Å². The maximum Gasteiger partial charge on any atom is 0.120 e. The van der Waals surface area contributed by atoms with Crippen LogP contribution in [0.25, 0.3) is 5.69 Å². The lowest BCUT2D eigenvalue weighted by molar-refractivity contribution is -0.108. The molecule has 2 aromatic rings. The van der Waals surface area contributed by atoms with Gasteiger partial charge in [-0.3, -0.25) is 0 Å². The van der Waals surface area contributed by atoms with Crippen LogP contribution in [0.1, 0.15) is 24.8 Å². The first-order chi connectivity index (χ1) is 8.22. The third kappa shape index (κ3) is 2.64. The Kier molecular flexibility index (Phi) is 3.74. The van der Waals surface area contributed by atoms with Gasteiger partial charge in [0.2, 0.25) is 0 Å². The molecular formula is C13H13BrN2O. The summed E-state index contributed by atoms with van der Waals surface area (Å²) >= 11 is 3.54. The maximum atomic E-state index is 10.5. The molecule has 1 aromatic carbocycles. The van der Waals surface area contributed by atoms with Crippen molar-refractivity contribution in [1.29, 1.82) is 0 Å². The third-order valence-electron chi connectivity index (χ3n) is 2.74. The Morgan fingerprint density at radius 3 is 2.94 bits per heavy atom. The molecule has 0 bridgehead atoms. The fraction of sp³-hybridized carbons (Fsp3) is 0.231. The zero-order valence-electron chi connectivity index (χ0n) is 9.51. The summed E-state index contributed by atoms with van der Waals surface area (Å²) in [6, 6.07) is 7.98. The van der Waals surface area contributed by atoms with Gasteiger partial charge in [-0.2, -0.15) is 5.10 Å². The molecule has 0 amide bonds. The maximum absolute atomic E-state index is 10.5. The number of halogens is 1. The zero-order valence-corrected chi connectivity index (χ0v) is 11.1. The van der Waals surface area contributed by atoms with Crippen LogP contribution in [0.3, 0.4) is 0 Å². The van der Waals surface area contributed by atoms with E-state index in [2.05, 4.69) is 21.0 Å². The molecule has 1 heterocycles. The Labute approximate surface area is 109 Å². The Bertz CT molecular complexity index is 508. The smallest absolute Gasteiger partial charge is 0.120 e. The molecule has 0 aliphatic carbocycles. The predicted molar refractivity (Wildman–Crippen MR) is 70.4 cm³/mol. The molecular weight excluding hydrogens is 280 g/mol. The first-order valence-corrected chi connectivity index (χ1v) is 6.24. The van der Waals surface area contributed by atoms with E-state index in [4.69, 9.17) is 0 Å². The van der Waals surface area contributed by atoms with Crippen molar-refractivity contribution in [3.63, 3.8) is 0 Å². The minimum atomic E-state index is 0.246. The fourth-order valence-corrected chi connectivity index (χ4v) is 2.29. The second kappa shape index (κ2) is 5.27. The van der Waals surface area contributed by atoms with Crippen molar-refractivity contribution in [2.45, 2.75) is 19.3 Å². The molecule has 0 radical (unpaired) electrons. The molecule has 1 aromatic heterocycles. The second-order valence-corrected chi connectivity index (χ2v) is 4.82. The highest BCUT2D eigenvalue weighted by molar-refractivity contribution is 9.10.